The van der Waals surface area contributed by atoms with Crippen LogP contribution in [0, 0.1) is 12.3 Å². The Morgan fingerprint density at radius 2 is 2.15 bits per heavy atom. The summed E-state index contributed by atoms with van der Waals surface area (Å²) in [4.78, 5) is 21.8. The lowest BCUT2D eigenvalue weighted by molar-refractivity contribution is 0.0720. The van der Waals surface area contributed by atoms with E-state index in [0.717, 1.165) is 39.0 Å². The zero-order chi connectivity index (χ0) is 18.3. The fraction of sp³-hybridized carbons (Fsp3) is 0.667. The van der Waals surface area contributed by atoms with Crippen molar-refractivity contribution in [1.29, 1.82) is 0 Å². The van der Waals surface area contributed by atoms with Crippen LogP contribution in [0.2, 0.25) is 0 Å². The van der Waals surface area contributed by atoms with E-state index in [1.165, 1.54) is 0 Å². The van der Waals surface area contributed by atoms with Crippen LogP contribution in [0.1, 0.15) is 47.9 Å². The summed E-state index contributed by atoms with van der Waals surface area (Å²) in [5.74, 6) is 1.40. The second-order valence-electron chi connectivity index (χ2n) is 7.64. The standard InChI is InChI=1S/C18H26N6O2/c1-4-24-8-5-15(20-24)17(25)23-11-14(16-19-13(2)21-26-16)18(12-23)6-9-22(3)10-7-18/h5,8,14H,4,6-7,9-12H2,1-3H3. The number of piperidine rings is 1. The second kappa shape index (κ2) is 6.50. The number of nitrogens with zero attached hydrogens (tertiary/aromatic N) is 6. The van der Waals surface area contributed by atoms with Crippen molar-refractivity contribution in [2.45, 2.75) is 39.2 Å². The van der Waals surface area contributed by atoms with Gasteiger partial charge in [0.05, 0.1) is 5.92 Å². The largest absolute Gasteiger partial charge is 0.339 e. The summed E-state index contributed by atoms with van der Waals surface area (Å²) in [7, 11) is 2.15. The topological polar surface area (TPSA) is 80.3 Å². The average molecular weight is 358 g/mol. The minimum absolute atomic E-state index is 0.00533. The Labute approximate surface area is 153 Å². The van der Waals surface area contributed by atoms with E-state index in [2.05, 4.69) is 27.2 Å². The van der Waals surface area contributed by atoms with Crippen LogP contribution in [0.15, 0.2) is 16.8 Å². The molecule has 2 aromatic heterocycles. The Hall–Kier alpha value is -2.22. The van der Waals surface area contributed by atoms with Gasteiger partial charge in [-0.2, -0.15) is 10.1 Å². The first-order chi connectivity index (χ1) is 12.5. The Morgan fingerprint density at radius 3 is 2.77 bits per heavy atom. The summed E-state index contributed by atoms with van der Waals surface area (Å²) in [6, 6.07) is 1.80. The van der Waals surface area contributed by atoms with Crippen LogP contribution >= 0.6 is 0 Å². The maximum absolute atomic E-state index is 13.0. The first-order valence-corrected chi connectivity index (χ1v) is 9.32. The fourth-order valence-electron chi connectivity index (χ4n) is 4.30. The summed E-state index contributed by atoms with van der Waals surface area (Å²) in [6.07, 6.45) is 3.92. The lowest BCUT2D eigenvalue weighted by Gasteiger charge is -2.40. The van der Waals surface area contributed by atoms with Gasteiger partial charge >= 0.3 is 0 Å². The molecule has 0 saturated carbocycles. The number of likely N-dealkylation sites (tertiary alicyclic amines) is 2. The molecular weight excluding hydrogens is 332 g/mol. The normalized spacial score (nSPS) is 23.0. The molecule has 2 fully saturated rings. The number of amides is 1. The molecule has 1 spiro atoms. The van der Waals surface area contributed by atoms with Crippen molar-refractivity contribution in [2.75, 3.05) is 33.2 Å². The molecule has 2 aliphatic heterocycles. The number of aromatic nitrogens is 4. The van der Waals surface area contributed by atoms with Crippen molar-refractivity contribution in [3.63, 3.8) is 0 Å². The Bertz CT molecular complexity index is 789. The molecule has 0 aromatic carbocycles. The van der Waals surface area contributed by atoms with Crippen LogP contribution in [-0.2, 0) is 6.54 Å². The monoisotopic (exact) mass is 358 g/mol. The van der Waals surface area contributed by atoms with Gasteiger partial charge < -0.3 is 14.3 Å². The maximum atomic E-state index is 13.0. The number of carbonyl (C=O) groups excluding carboxylic acids is 1. The Balaban J connectivity index is 1.61. The predicted octanol–water partition coefficient (Wildman–Crippen LogP) is 1.55. The molecule has 1 atom stereocenters. The molecule has 2 aliphatic rings. The highest BCUT2D eigenvalue weighted by molar-refractivity contribution is 5.92. The molecule has 8 heteroatoms. The van der Waals surface area contributed by atoms with Crippen molar-refractivity contribution >= 4 is 5.91 Å². The van der Waals surface area contributed by atoms with Gasteiger partial charge in [0.2, 0.25) is 5.89 Å². The van der Waals surface area contributed by atoms with Crippen LogP contribution < -0.4 is 0 Å². The van der Waals surface area contributed by atoms with Gasteiger partial charge in [0, 0.05) is 31.2 Å². The molecule has 0 N–H and O–H groups in total. The van der Waals surface area contributed by atoms with Gasteiger partial charge in [-0.15, -0.1) is 0 Å². The van der Waals surface area contributed by atoms with Crippen molar-refractivity contribution in [1.82, 2.24) is 29.7 Å². The third kappa shape index (κ3) is 2.92. The second-order valence-corrected chi connectivity index (χ2v) is 7.64. The van der Waals surface area contributed by atoms with Gasteiger partial charge in [0.25, 0.3) is 5.91 Å². The van der Waals surface area contributed by atoms with Crippen molar-refractivity contribution in [3.8, 4) is 0 Å². The average Bonchev–Trinajstić information content (AvgIpc) is 3.36. The van der Waals surface area contributed by atoms with E-state index in [1.54, 1.807) is 10.7 Å². The van der Waals surface area contributed by atoms with E-state index < -0.39 is 0 Å². The zero-order valence-corrected chi connectivity index (χ0v) is 15.7. The summed E-state index contributed by atoms with van der Waals surface area (Å²) < 4.78 is 7.31. The molecule has 1 amide bonds. The lowest BCUT2D eigenvalue weighted by Crippen LogP contribution is -2.42. The number of aryl methyl sites for hydroxylation is 2. The van der Waals surface area contributed by atoms with Crippen LogP contribution in [0.3, 0.4) is 0 Å². The van der Waals surface area contributed by atoms with Gasteiger partial charge in [0.1, 0.15) is 5.69 Å². The molecule has 1 unspecified atom stereocenters. The predicted molar refractivity (Wildman–Crippen MR) is 94.7 cm³/mol. The summed E-state index contributed by atoms with van der Waals surface area (Å²) in [5.41, 5.74) is 0.520. The maximum Gasteiger partial charge on any atom is 0.274 e. The van der Waals surface area contributed by atoms with Gasteiger partial charge in [-0.1, -0.05) is 5.16 Å². The van der Waals surface area contributed by atoms with Crippen LogP contribution in [0.5, 0.6) is 0 Å². The third-order valence-corrected chi connectivity index (χ3v) is 5.94. The number of carbonyl (C=O) groups is 1. The first kappa shape index (κ1) is 17.2. The highest BCUT2D eigenvalue weighted by atomic mass is 16.5. The molecule has 2 aromatic rings. The lowest BCUT2D eigenvalue weighted by atomic mass is 9.71. The van der Waals surface area contributed by atoms with E-state index in [9.17, 15) is 4.79 Å². The quantitative estimate of drug-likeness (QED) is 0.828. The molecule has 4 heterocycles. The van der Waals surface area contributed by atoms with Gasteiger partial charge in [-0.3, -0.25) is 9.48 Å². The molecule has 4 rings (SSSR count). The molecule has 0 bridgehead atoms. The van der Waals surface area contributed by atoms with Crippen molar-refractivity contribution in [3.05, 3.63) is 29.7 Å². The van der Waals surface area contributed by atoms with Crippen molar-refractivity contribution < 1.29 is 9.32 Å². The fourth-order valence-corrected chi connectivity index (χ4v) is 4.30. The number of rotatable bonds is 3. The van der Waals surface area contributed by atoms with E-state index in [-0.39, 0.29) is 17.2 Å². The summed E-state index contributed by atoms with van der Waals surface area (Å²) >= 11 is 0. The molecule has 140 valence electrons. The smallest absolute Gasteiger partial charge is 0.274 e. The Kier molecular flexibility index (Phi) is 4.30. The van der Waals surface area contributed by atoms with E-state index in [1.807, 2.05) is 24.9 Å². The van der Waals surface area contributed by atoms with Gasteiger partial charge in [-0.05, 0) is 52.9 Å². The molecule has 2 saturated heterocycles. The molecular formula is C18H26N6O2. The van der Waals surface area contributed by atoms with Crippen LogP contribution in [0.4, 0.5) is 0 Å². The van der Waals surface area contributed by atoms with Crippen molar-refractivity contribution in [2.24, 2.45) is 5.41 Å². The first-order valence-electron chi connectivity index (χ1n) is 9.32. The minimum Gasteiger partial charge on any atom is -0.339 e. The molecule has 0 radical (unpaired) electrons. The van der Waals surface area contributed by atoms with Crippen LogP contribution in [0.25, 0.3) is 0 Å². The van der Waals surface area contributed by atoms with Crippen LogP contribution in [-0.4, -0.2) is 68.9 Å². The number of hydrogen-bond acceptors (Lipinski definition) is 6. The highest BCUT2D eigenvalue weighted by Gasteiger charge is 2.52. The van der Waals surface area contributed by atoms with Gasteiger partial charge in [0.15, 0.2) is 5.82 Å². The highest BCUT2D eigenvalue weighted by Crippen LogP contribution is 2.49. The molecule has 8 nitrogen and oxygen atoms in total. The SMILES string of the molecule is CCn1ccc(C(=O)N2CC(c3nc(C)no3)C3(CCN(C)CC3)C2)n1. The van der Waals surface area contributed by atoms with E-state index in [4.69, 9.17) is 4.52 Å². The van der Waals surface area contributed by atoms with E-state index >= 15 is 0 Å². The number of hydrogen-bond donors (Lipinski definition) is 0. The zero-order valence-electron chi connectivity index (χ0n) is 15.7. The minimum atomic E-state index is -0.00533. The molecule has 0 aliphatic carbocycles. The molecule has 26 heavy (non-hydrogen) atoms. The Morgan fingerprint density at radius 1 is 1.38 bits per heavy atom. The summed E-state index contributed by atoms with van der Waals surface area (Å²) in [5, 5.41) is 8.37. The van der Waals surface area contributed by atoms with E-state index in [0.29, 0.717) is 24.0 Å². The summed E-state index contributed by atoms with van der Waals surface area (Å²) in [6.45, 7) is 8.00. The third-order valence-electron chi connectivity index (χ3n) is 5.94. The van der Waals surface area contributed by atoms with Gasteiger partial charge in [-0.25, -0.2) is 0 Å².